The molecule has 292 valence electrons. The van der Waals surface area contributed by atoms with Gasteiger partial charge in [-0.05, 0) is 117 Å². The molecular formula is C43H53N5O7. The number of alkyl carbamates (subject to hydrolysis) is 1. The number of aliphatic hydroxyl groups is 1. The van der Waals surface area contributed by atoms with E-state index in [0.29, 0.717) is 61.0 Å². The van der Waals surface area contributed by atoms with Gasteiger partial charge in [0.25, 0.3) is 0 Å². The number of phenols is 1. The number of ether oxygens (including phenoxy) is 2. The summed E-state index contributed by atoms with van der Waals surface area (Å²) in [4.78, 5) is 42.8. The van der Waals surface area contributed by atoms with E-state index in [1.165, 1.54) is 12.1 Å². The summed E-state index contributed by atoms with van der Waals surface area (Å²) in [6, 6.07) is 23.6. The zero-order chi connectivity index (χ0) is 38.1. The number of pyridine rings is 1. The van der Waals surface area contributed by atoms with E-state index in [4.69, 9.17) is 9.47 Å². The van der Waals surface area contributed by atoms with Crippen LogP contribution >= 0.6 is 0 Å². The Morgan fingerprint density at radius 1 is 0.891 bits per heavy atom. The maximum Gasteiger partial charge on any atom is 0.408 e. The number of H-pyrrole nitrogens is 1. The quantitative estimate of drug-likeness (QED) is 0.0901. The largest absolute Gasteiger partial charge is 0.506 e. The Hall–Kier alpha value is -4.91. The molecule has 6 N–H and O–H groups in total. The lowest BCUT2D eigenvalue weighted by Crippen LogP contribution is -2.52. The maximum absolute atomic E-state index is 13.2. The minimum Gasteiger partial charge on any atom is -0.506 e. The van der Waals surface area contributed by atoms with Crippen molar-refractivity contribution in [2.45, 2.75) is 63.2 Å². The molecule has 55 heavy (non-hydrogen) atoms. The first-order valence-corrected chi connectivity index (χ1v) is 19.8. The number of piperidine rings is 3. The smallest absolute Gasteiger partial charge is 0.408 e. The molecule has 3 aromatic carbocycles. The molecule has 4 fully saturated rings. The van der Waals surface area contributed by atoms with Crippen LogP contribution in [0.5, 0.6) is 11.5 Å². The molecule has 12 heteroatoms. The lowest BCUT2D eigenvalue weighted by atomic mass is 9.82. The summed E-state index contributed by atoms with van der Waals surface area (Å²) < 4.78 is 12.3. The van der Waals surface area contributed by atoms with Crippen molar-refractivity contribution >= 4 is 22.9 Å². The summed E-state index contributed by atoms with van der Waals surface area (Å²) in [5, 5.41) is 30.9. The summed E-state index contributed by atoms with van der Waals surface area (Å²) in [6.45, 7) is 5.01. The highest BCUT2D eigenvalue weighted by atomic mass is 16.6. The maximum atomic E-state index is 13.2. The Kier molecular flexibility index (Phi) is 12.7. The second-order valence-corrected chi connectivity index (χ2v) is 15.3. The van der Waals surface area contributed by atoms with Crippen LogP contribution in [0.2, 0.25) is 0 Å². The van der Waals surface area contributed by atoms with Crippen molar-refractivity contribution in [2.24, 2.45) is 17.8 Å². The van der Waals surface area contributed by atoms with Gasteiger partial charge < -0.3 is 40.6 Å². The first-order chi connectivity index (χ1) is 26.8. The number of nitrogens with one attached hydrogen (secondary N) is 4. The van der Waals surface area contributed by atoms with Gasteiger partial charge >= 0.3 is 6.09 Å². The van der Waals surface area contributed by atoms with E-state index in [-0.39, 0.29) is 35.3 Å². The third-order valence-corrected chi connectivity index (χ3v) is 11.6. The number of phenolic OH excluding ortho intramolecular Hbond substituents is 1. The van der Waals surface area contributed by atoms with Gasteiger partial charge in [-0.3, -0.25) is 14.5 Å². The van der Waals surface area contributed by atoms with Gasteiger partial charge in [-0.2, -0.15) is 0 Å². The van der Waals surface area contributed by atoms with Crippen molar-refractivity contribution in [2.75, 3.05) is 45.9 Å². The minimum absolute atomic E-state index is 0.0120. The molecule has 3 atom stereocenters. The number of benzene rings is 3. The predicted octanol–water partition coefficient (Wildman–Crippen LogP) is 5.16. The molecule has 0 unspecified atom stereocenters. The van der Waals surface area contributed by atoms with E-state index in [1.54, 1.807) is 12.1 Å². The molecule has 2 bridgehead atoms. The fraction of sp³-hybridized carbons (Fsp3) is 0.465. The van der Waals surface area contributed by atoms with Crippen LogP contribution in [0.3, 0.4) is 0 Å². The van der Waals surface area contributed by atoms with Crippen molar-refractivity contribution in [1.82, 2.24) is 25.8 Å². The predicted molar refractivity (Wildman–Crippen MR) is 210 cm³/mol. The molecule has 3 saturated heterocycles. The van der Waals surface area contributed by atoms with E-state index >= 15 is 0 Å². The number of aromatic amines is 1. The molecule has 0 radical (unpaired) electrons. The third-order valence-electron chi connectivity index (χ3n) is 11.6. The number of rotatable bonds is 15. The first kappa shape index (κ1) is 38.4. The summed E-state index contributed by atoms with van der Waals surface area (Å²) in [7, 11) is 0. The molecule has 1 aromatic heterocycles. The zero-order valence-electron chi connectivity index (χ0n) is 31.3. The van der Waals surface area contributed by atoms with E-state index in [9.17, 15) is 24.6 Å². The topological polar surface area (TPSA) is 165 Å². The van der Waals surface area contributed by atoms with E-state index in [1.807, 2.05) is 54.6 Å². The van der Waals surface area contributed by atoms with Gasteiger partial charge in [0.15, 0.2) is 0 Å². The highest BCUT2D eigenvalue weighted by Gasteiger charge is 2.37. The Morgan fingerprint density at radius 3 is 2.44 bits per heavy atom. The average molecular weight is 752 g/mol. The summed E-state index contributed by atoms with van der Waals surface area (Å²) in [5.41, 5.74) is 2.49. The normalized spacial score (nSPS) is 23.1. The lowest BCUT2D eigenvalue weighted by Gasteiger charge is -2.43. The molecule has 4 aromatic rings. The Balaban J connectivity index is 0.821. The number of aliphatic hydroxyl groups excluding tert-OH is 1. The Morgan fingerprint density at radius 2 is 1.67 bits per heavy atom. The fourth-order valence-corrected chi connectivity index (χ4v) is 8.40. The standard InChI is InChI=1S/C43H53N5O7/c49-36-16-14-34(35-15-17-39(51)46-41(35)36)37(50)25-44-20-5-21-45-42(52)31-12-10-28(11-13-31)27-54-33-9-4-8-32(24-33)40(30-6-2-1-3-7-30)47-43(53)55-38-26-48-22-18-29(38)19-23-48/h1-4,6-9,14-17,24,28-29,31,37-38,40,44,49-50H,5,10-13,18-23,25-27H2,(H,45,52)(H,46,51)(H,47,53)/t28-,31-,37-,38-,40-/m0/s1. The van der Waals surface area contributed by atoms with Gasteiger partial charge in [0.2, 0.25) is 11.5 Å². The summed E-state index contributed by atoms with van der Waals surface area (Å²) in [5.74, 6) is 1.57. The lowest BCUT2D eigenvalue weighted by molar-refractivity contribution is -0.126. The van der Waals surface area contributed by atoms with Crippen LogP contribution in [0.4, 0.5) is 4.79 Å². The number of amides is 2. The molecule has 3 aliphatic heterocycles. The Bertz CT molecular complexity index is 1960. The third kappa shape index (κ3) is 9.86. The van der Waals surface area contributed by atoms with E-state index in [0.717, 1.165) is 75.0 Å². The number of aromatic nitrogens is 1. The van der Waals surface area contributed by atoms with Gasteiger partial charge in [0.1, 0.15) is 17.6 Å². The van der Waals surface area contributed by atoms with Crippen molar-refractivity contribution in [1.29, 1.82) is 0 Å². The molecular weight excluding hydrogens is 699 g/mol. The number of hydrogen-bond acceptors (Lipinski definition) is 9. The van der Waals surface area contributed by atoms with Crippen molar-refractivity contribution in [3.05, 3.63) is 106 Å². The number of nitrogens with zero attached hydrogens (tertiary/aromatic N) is 1. The number of hydrogen-bond donors (Lipinski definition) is 6. The fourth-order valence-electron chi connectivity index (χ4n) is 8.40. The number of aromatic hydroxyl groups is 1. The molecule has 2 amide bonds. The molecule has 1 saturated carbocycles. The van der Waals surface area contributed by atoms with Crippen LogP contribution < -0.4 is 26.2 Å². The number of carbonyl (C=O) groups excluding carboxylic acids is 2. The first-order valence-electron chi connectivity index (χ1n) is 19.8. The highest BCUT2D eigenvalue weighted by Crippen LogP contribution is 2.33. The van der Waals surface area contributed by atoms with Gasteiger partial charge in [-0.15, -0.1) is 0 Å². The Labute approximate surface area is 321 Å². The van der Waals surface area contributed by atoms with Gasteiger partial charge in [0, 0.05) is 37.0 Å². The van der Waals surface area contributed by atoms with Crippen LogP contribution in [0.15, 0.2) is 83.7 Å². The molecule has 8 rings (SSSR count). The van der Waals surface area contributed by atoms with E-state index in [2.05, 4.69) is 25.8 Å². The van der Waals surface area contributed by atoms with Crippen LogP contribution in [0, 0.1) is 17.8 Å². The molecule has 1 aliphatic carbocycles. The SMILES string of the molecule is O=C(N[C@@H](c1ccccc1)c1cccc(OC[C@H]2CC[C@H](C(=O)NCCCNC[C@H](O)c3ccc(O)c4[nH]c(=O)ccc34)CC2)c1)O[C@H]1CN2CCC1CC2. The van der Waals surface area contributed by atoms with Gasteiger partial charge in [-0.1, -0.05) is 48.5 Å². The van der Waals surface area contributed by atoms with E-state index < -0.39 is 12.2 Å². The summed E-state index contributed by atoms with van der Waals surface area (Å²) >= 11 is 0. The highest BCUT2D eigenvalue weighted by molar-refractivity contribution is 5.87. The second kappa shape index (κ2) is 18.1. The minimum atomic E-state index is -0.829. The van der Waals surface area contributed by atoms with Crippen molar-refractivity contribution in [3.8, 4) is 11.5 Å². The molecule has 4 aliphatic rings. The molecule has 0 spiro atoms. The van der Waals surface area contributed by atoms with Crippen LogP contribution in [-0.2, 0) is 9.53 Å². The molecule has 4 heterocycles. The second-order valence-electron chi connectivity index (χ2n) is 15.3. The average Bonchev–Trinajstić information content (AvgIpc) is 3.21. The monoisotopic (exact) mass is 751 g/mol. The van der Waals surface area contributed by atoms with Gasteiger partial charge in [-0.25, -0.2) is 4.79 Å². The number of fused-ring (bicyclic) bond motifs is 4. The van der Waals surface area contributed by atoms with Crippen molar-refractivity contribution < 1.29 is 29.3 Å². The zero-order valence-corrected chi connectivity index (χ0v) is 31.3. The van der Waals surface area contributed by atoms with Crippen molar-refractivity contribution in [3.63, 3.8) is 0 Å². The van der Waals surface area contributed by atoms with Crippen LogP contribution in [0.1, 0.15) is 73.8 Å². The van der Waals surface area contributed by atoms with Crippen LogP contribution in [-0.4, -0.2) is 84.1 Å². The number of carbonyl (C=O) groups is 2. The molecule has 12 nitrogen and oxygen atoms in total. The van der Waals surface area contributed by atoms with Crippen LogP contribution in [0.25, 0.3) is 10.9 Å². The summed E-state index contributed by atoms with van der Waals surface area (Å²) in [6.07, 6.45) is 5.04. The van der Waals surface area contributed by atoms with Gasteiger partial charge in [0.05, 0.1) is 24.3 Å².